The number of aliphatic hydroxyl groups is 1. The van der Waals surface area contributed by atoms with E-state index in [0.717, 1.165) is 23.3 Å². The van der Waals surface area contributed by atoms with Crippen molar-refractivity contribution in [3.63, 3.8) is 0 Å². The number of benzene rings is 3. The molecule has 2 aliphatic rings. The summed E-state index contributed by atoms with van der Waals surface area (Å²) in [6, 6.07) is 14.8. The molecule has 2 aliphatic heterocycles. The molecule has 0 aliphatic carbocycles. The normalized spacial score (nSPS) is 18.4. The first kappa shape index (κ1) is 33.1. The van der Waals surface area contributed by atoms with Crippen LogP contribution >= 0.6 is 46.3 Å². The molecule has 4 aromatic rings. The topological polar surface area (TPSA) is 111 Å². The van der Waals surface area contributed by atoms with Crippen LogP contribution in [0.3, 0.4) is 0 Å². The van der Waals surface area contributed by atoms with Crippen molar-refractivity contribution in [1.29, 1.82) is 0 Å². The number of amides is 1. The number of carbonyl (C=O) groups is 2. The van der Waals surface area contributed by atoms with Crippen molar-refractivity contribution >= 4 is 68.9 Å². The Morgan fingerprint density at radius 3 is 2.66 bits per heavy atom. The van der Waals surface area contributed by atoms with E-state index < -0.39 is 17.7 Å². The van der Waals surface area contributed by atoms with Crippen LogP contribution in [0.4, 0.5) is 5.13 Å². The third-order valence-corrected chi connectivity index (χ3v) is 10.3. The van der Waals surface area contributed by atoms with Gasteiger partial charge in [-0.05, 0) is 79.4 Å². The molecular weight excluding hydrogens is 681 g/mol. The van der Waals surface area contributed by atoms with Gasteiger partial charge in [0.05, 0.1) is 24.8 Å². The summed E-state index contributed by atoms with van der Waals surface area (Å²) in [5.41, 5.74) is 2.65. The number of halogens is 2. The zero-order chi connectivity index (χ0) is 33.2. The number of ether oxygens (including phenoxy) is 3. The summed E-state index contributed by atoms with van der Waals surface area (Å²) in [5, 5.41) is 21.6. The van der Waals surface area contributed by atoms with Crippen LogP contribution < -0.4 is 19.1 Å². The highest BCUT2D eigenvalue weighted by Gasteiger charge is 2.48. The molecule has 3 heterocycles. The first-order valence-corrected chi connectivity index (χ1v) is 17.6. The zero-order valence-electron chi connectivity index (χ0n) is 25.8. The lowest BCUT2D eigenvalue weighted by molar-refractivity contribution is -0.132. The first-order chi connectivity index (χ1) is 22.7. The molecule has 0 radical (unpaired) electrons. The minimum atomic E-state index is -1.02. The van der Waals surface area contributed by atoms with Crippen LogP contribution in [0.5, 0.6) is 17.2 Å². The minimum Gasteiger partial charge on any atom is -0.507 e. The molecule has 6 rings (SSSR count). The van der Waals surface area contributed by atoms with E-state index in [9.17, 15) is 14.7 Å². The van der Waals surface area contributed by atoms with E-state index >= 15 is 0 Å². The molecule has 13 heteroatoms. The number of thioether (sulfide) groups is 1. The Labute approximate surface area is 290 Å². The SMILES string of the molecule is CCCOc1ccc([C@@H]2/C(=C(\O)c3ccc4c(c3)C[C@@H](C)O4)C(=O)C(=O)N2c2nnc(SCc3ccc(Cl)cc3Cl)s2)cc1OCC. The van der Waals surface area contributed by atoms with E-state index in [2.05, 4.69) is 10.2 Å². The molecule has 0 bridgehead atoms. The number of ketones is 1. The van der Waals surface area contributed by atoms with Gasteiger partial charge in [0.1, 0.15) is 17.6 Å². The number of nitrogens with zero attached hydrogens (tertiary/aromatic N) is 3. The number of carbonyl (C=O) groups excluding carboxylic acids is 2. The highest BCUT2D eigenvalue weighted by Crippen LogP contribution is 2.46. The lowest BCUT2D eigenvalue weighted by Gasteiger charge is -2.23. The van der Waals surface area contributed by atoms with Gasteiger partial charge in [-0.25, -0.2) is 0 Å². The summed E-state index contributed by atoms with van der Waals surface area (Å²) in [5.74, 6) is 0.267. The van der Waals surface area contributed by atoms with Crippen molar-refractivity contribution in [3.8, 4) is 17.2 Å². The summed E-state index contributed by atoms with van der Waals surface area (Å²) < 4.78 is 18.2. The summed E-state index contributed by atoms with van der Waals surface area (Å²) >= 11 is 15.0. The molecule has 3 aromatic carbocycles. The minimum absolute atomic E-state index is 0.00131. The van der Waals surface area contributed by atoms with Crippen molar-refractivity contribution in [2.75, 3.05) is 18.1 Å². The molecule has 0 spiro atoms. The Kier molecular flexibility index (Phi) is 9.98. The largest absolute Gasteiger partial charge is 0.507 e. The van der Waals surface area contributed by atoms with E-state index in [4.69, 9.17) is 37.4 Å². The summed E-state index contributed by atoms with van der Waals surface area (Å²) in [6.45, 7) is 6.69. The monoisotopic (exact) mass is 711 g/mol. The lowest BCUT2D eigenvalue weighted by Crippen LogP contribution is -2.29. The molecule has 244 valence electrons. The fraction of sp³-hybridized carbons (Fsp3) is 0.294. The zero-order valence-corrected chi connectivity index (χ0v) is 28.9. The lowest BCUT2D eigenvalue weighted by atomic mass is 9.94. The number of fused-ring (bicyclic) bond motifs is 1. The van der Waals surface area contributed by atoms with Gasteiger partial charge in [-0.1, -0.05) is 65.4 Å². The van der Waals surface area contributed by atoms with E-state index in [1.165, 1.54) is 28.0 Å². The third-order valence-electron chi connectivity index (χ3n) is 7.63. The molecule has 0 saturated carbocycles. The predicted octanol–water partition coefficient (Wildman–Crippen LogP) is 8.27. The van der Waals surface area contributed by atoms with Gasteiger partial charge in [-0.2, -0.15) is 0 Å². The number of anilines is 1. The Balaban J connectivity index is 1.42. The summed E-state index contributed by atoms with van der Waals surface area (Å²) in [7, 11) is 0. The molecule has 47 heavy (non-hydrogen) atoms. The molecule has 2 atom stereocenters. The van der Waals surface area contributed by atoms with Crippen LogP contribution in [0.25, 0.3) is 5.76 Å². The molecule has 1 N–H and O–H groups in total. The number of aromatic nitrogens is 2. The number of aliphatic hydroxyl groups excluding tert-OH is 1. The number of hydrogen-bond donors (Lipinski definition) is 1. The fourth-order valence-corrected chi connectivity index (χ4v) is 7.93. The van der Waals surface area contributed by atoms with Gasteiger partial charge in [0.2, 0.25) is 5.13 Å². The second-order valence-electron chi connectivity index (χ2n) is 11.0. The maximum Gasteiger partial charge on any atom is 0.301 e. The van der Waals surface area contributed by atoms with Crippen LogP contribution in [-0.2, 0) is 21.8 Å². The summed E-state index contributed by atoms with van der Waals surface area (Å²) in [6.07, 6.45) is 1.47. The smallest absolute Gasteiger partial charge is 0.301 e. The molecule has 0 unspecified atom stereocenters. The van der Waals surface area contributed by atoms with Crippen LogP contribution in [0.1, 0.15) is 55.5 Å². The average molecular weight is 713 g/mol. The van der Waals surface area contributed by atoms with Gasteiger partial charge >= 0.3 is 5.91 Å². The van der Waals surface area contributed by atoms with Crippen LogP contribution in [0.15, 0.2) is 64.5 Å². The molecule has 9 nitrogen and oxygen atoms in total. The van der Waals surface area contributed by atoms with Crippen LogP contribution in [0, 0.1) is 0 Å². The van der Waals surface area contributed by atoms with Crippen molar-refractivity contribution in [2.24, 2.45) is 0 Å². The van der Waals surface area contributed by atoms with Crippen molar-refractivity contribution in [1.82, 2.24) is 10.2 Å². The fourth-order valence-electron chi connectivity index (χ4n) is 5.50. The first-order valence-electron chi connectivity index (χ1n) is 15.1. The Hall–Kier alpha value is -3.77. The van der Waals surface area contributed by atoms with E-state index in [-0.39, 0.29) is 22.6 Å². The second-order valence-corrected chi connectivity index (χ2v) is 14.0. The van der Waals surface area contributed by atoms with Gasteiger partial charge in [0.15, 0.2) is 15.8 Å². The van der Waals surface area contributed by atoms with E-state index in [0.29, 0.717) is 62.4 Å². The maximum atomic E-state index is 13.8. The Morgan fingerprint density at radius 1 is 1.06 bits per heavy atom. The standard InChI is InChI=1S/C34H31Cl2N3O6S2/c1-4-12-44-26-11-7-19(15-27(26)43-5-2)29-28(30(40)20-8-10-25-22(14-20)13-18(3)45-25)31(41)32(42)39(29)33-37-38-34(47-33)46-17-21-6-9-23(35)16-24(21)36/h6-11,14-16,18,29,40H,4-5,12-13,17H2,1-3H3/b30-28+/t18-,29-/m1/s1. The maximum absolute atomic E-state index is 13.8. The predicted molar refractivity (Wildman–Crippen MR) is 184 cm³/mol. The second kappa shape index (κ2) is 14.1. The van der Waals surface area contributed by atoms with E-state index in [1.807, 2.05) is 26.8 Å². The number of Topliss-reactive ketones (excluding diaryl/α,β-unsaturated/α-hetero) is 1. The van der Waals surface area contributed by atoms with Crippen LogP contribution in [0.2, 0.25) is 10.0 Å². The van der Waals surface area contributed by atoms with Gasteiger partial charge in [0, 0.05) is 27.8 Å². The summed E-state index contributed by atoms with van der Waals surface area (Å²) in [4.78, 5) is 28.9. The highest BCUT2D eigenvalue weighted by atomic mass is 35.5. The Morgan fingerprint density at radius 2 is 1.89 bits per heavy atom. The van der Waals surface area contributed by atoms with E-state index in [1.54, 1.807) is 48.5 Å². The molecule has 1 fully saturated rings. The number of hydrogen-bond acceptors (Lipinski definition) is 10. The molecule has 1 saturated heterocycles. The number of rotatable bonds is 11. The van der Waals surface area contributed by atoms with Gasteiger partial charge in [-0.15, -0.1) is 10.2 Å². The highest BCUT2D eigenvalue weighted by molar-refractivity contribution is 8.00. The van der Waals surface area contributed by atoms with Gasteiger partial charge in [-0.3, -0.25) is 14.5 Å². The molecule has 1 aromatic heterocycles. The van der Waals surface area contributed by atoms with Crippen molar-refractivity contribution in [3.05, 3.63) is 92.5 Å². The molecule has 1 amide bonds. The Bertz CT molecular complexity index is 1880. The quantitative estimate of drug-likeness (QED) is 0.0540. The average Bonchev–Trinajstić information content (AvgIpc) is 3.74. The van der Waals surface area contributed by atoms with Crippen LogP contribution in [-0.4, -0.2) is 46.3 Å². The third kappa shape index (κ3) is 6.80. The van der Waals surface area contributed by atoms with Crippen molar-refractivity contribution in [2.45, 2.75) is 55.9 Å². The van der Waals surface area contributed by atoms with Gasteiger partial charge < -0.3 is 19.3 Å². The van der Waals surface area contributed by atoms with Gasteiger partial charge in [0.25, 0.3) is 5.78 Å². The molecular formula is C34H31Cl2N3O6S2. The van der Waals surface area contributed by atoms with Crippen molar-refractivity contribution < 1.29 is 28.9 Å².